The van der Waals surface area contributed by atoms with Crippen LogP contribution in [0.5, 0.6) is 17.2 Å². The Kier molecular flexibility index (Phi) is 4.58. The fourth-order valence-electron chi connectivity index (χ4n) is 1.60. The average Bonchev–Trinajstić information content (AvgIpc) is 2.51. The number of phenols is 1. The van der Waals surface area contributed by atoms with Crippen LogP contribution in [0.3, 0.4) is 0 Å². The van der Waals surface area contributed by atoms with Gasteiger partial charge in [0.2, 0.25) is 5.75 Å². The SMILES string of the molecule is C=C(C)C(=O)Oc1c(O)cccc1OC(=O)c1ccccc1. The first-order valence-corrected chi connectivity index (χ1v) is 6.46. The molecule has 0 aliphatic heterocycles. The Labute approximate surface area is 127 Å². The van der Waals surface area contributed by atoms with Gasteiger partial charge >= 0.3 is 11.9 Å². The van der Waals surface area contributed by atoms with Crippen LogP contribution < -0.4 is 9.47 Å². The summed E-state index contributed by atoms with van der Waals surface area (Å²) in [5, 5.41) is 9.81. The van der Waals surface area contributed by atoms with Gasteiger partial charge in [0, 0.05) is 5.57 Å². The number of carbonyl (C=O) groups excluding carboxylic acids is 2. The quantitative estimate of drug-likeness (QED) is 0.533. The van der Waals surface area contributed by atoms with E-state index in [9.17, 15) is 14.7 Å². The first-order chi connectivity index (χ1) is 10.5. The highest BCUT2D eigenvalue weighted by Crippen LogP contribution is 2.37. The van der Waals surface area contributed by atoms with Gasteiger partial charge in [0.15, 0.2) is 11.5 Å². The van der Waals surface area contributed by atoms with E-state index in [1.165, 1.54) is 25.1 Å². The third-order valence-electron chi connectivity index (χ3n) is 2.71. The molecule has 5 heteroatoms. The van der Waals surface area contributed by atoms with Gasteiger partial charge in [-0.15, -0.1) is 0 Å². The molecule has 0 saturated heterocycles. The van der Waals surface area contributed by atoms with Gasteiger partial charge in [-0.2, -0.15) is 0 Å². The van der Waals surface area contributed by atoms with Gasteiger partial charge in [0.05, 0.1) is 5.56 Å². The van der Waals surface area contributed by atoms with E-state index in [1.54, 1.807) is 30.3 Å². The van der Waals surface area contributed by atoms with Crippen LogP contribution in [0.15, 0.2) is 60.7 Å². The maximum absolute atomic E-state index is 12.0. The first-order valence-electron chi connectivity index (χ1n) is 6.46. The van der Waals surface area contributed by atoms with Crippen molar-refractivity contribution in [3.8, 4) is 17.2 Å². The number of hydrogen-bond donors (Lipinski definition) is 1. The van der Waals surface area contributed by atoms with Crippen LogP contribution in [0.4, 0.5) is 0 Å². The molecule has 2 aromatic carbocycles. The van der Waals surface area contributed by atoms with Gasteiger partial charge in [-0.3, -0.25) is 0 Å². The summed E-state index contributed by atoms with van der Waals surface area (Å²) in [5.74, 6) is -1.94. The van der Waals surface area contributed by atoms with Gasteiger partial charge in [0.25, 0.3) is 0 Å². The summed E-state index contributed by atoms with van der Waals surface area (Å²) in [6, 6.07) is 12.5. The van der Waals surface area contributed by atoms with E-state index in [-0.39, 0.29) is 22.8 Å². The van der Waals surface area contributed by atoms with Gasteiger partial charge in [-0.1, -0.05) is 30.8 Å². The lowest BCUT2D eigenvalue weighted by atomic mass is 10.2. The Morgan fingerprint density at radius 3 is 2.32 bits per heavy atom. The molecule has 0 bridgehead atoms. The summed E-state index contributed by atoms with van der Waals surface area (Å²) >= 11 is 0. The standard InChI is InChI=1S/C17H14O5/c1-11(2)16(19)22-15-13(18)9-6-10-14(15)21-17(20)12-7-4-3-5-8-12/h3-10,18H,1H2,2H3. The van der Waals surface area contributed by atoms with E-state index >= 15 is 0 Å². The molecular formula is C17H14O5. The highest BCUT2D eigenvalue weighted by Gasteiger charge is 2.18. The number of rotatable bonds is 4. The lowest BCUT2D eigenvalue weighted by Gasteiger charge is -2.11. The summed E-state index contributed by atoms with van der Waals surface area (Å²) < 4.78 is 10.2. The van der Waals surface area contributed by atoms with Crippen LogP contribution in [0.1, 0.15) is 17.3 Å². The van der Waals surface area contributed by atoms with E-state index in [0.717, 1.165) is 0 Å². The van der Waals surface area contributed by atoms with Crippen molar-refractivity contribution in [2.45, 2.75) is 6.92 Å². The zero-order chi connectivity index (χ0) is 16.1. The van der Waals surface area contributed by atoms with Crippen molar-refractivity contribution in [2.75, 3.05) is 0 Å². The minimum absolute atomic E-state index is 0.0524. The molecule has 0 aliphatic carbocycles. The lowest BCUT2D eigenvalue weighted by molar-refractivity contribution is -0.130. The van der Waals surface area contributed by atoms with E-state index in [2.05, 4.69) is 6.58 Å². The first kappa shape index (κ1) is 15.3. The Morgan fingerprint density at radius 1 is 1.00 bits per heavy atom. The van der Waals surface area contributed by atoms with E-state index < -0.39 is 11.9 Å². The number of para-hydroxylation sites is 1. The molecule has 1 N–H and O–H groups in total. The zero-order valence-corrected chi connectivity index (χ0v) is 11.9. The normalized spacial score (nSPS) is 9.86. The average molecular weight is 298 g/mol. The minimum atomic E-state index is -0.724. The molecule has 0 amide bonds. The number of phenolic OH excluding ortho intramolecular Hbond substituents is 1. The van der Waals surface area contributed by atoms with E-state index in [4.69, 9.17) is 9.47 Å². The fourth-order valence-corrected chi connectivity index (χ4v) is 1.60. The molecule has 22 heavy (non-hydrogen) atoms. The van der Waals surface area contributed by atoms with Crippen molar-refractivity contribution in [3.63, 3.8) is 0 Å². The highest BCUT2D eigenvalue weighted by atomic mass is 16.6. The predicted molar refractivity (Wildman–Crippen MR) is 80.0 cm³/mol. The maximum Gasteiger partial charge on any atom is 0.343 e. The molecule has 0 spiro atoms. The minimum Gasteiger partial charge on any atom is -0.504 e. The Bertz CT molecular complexity index is 719. The van der Waals surface area contributed by atoms with Crippen LogP contribution in [-0.2, 0) is 4.79 Å². The molecule has 0 radical (unpaired) electrons. The molecule has 112 valence electrons. The van der Waals surface area contributed by atoms with Crippen LogP contribution in [0.25, 0.3) is 0 Å². The summed E-state index contributed by atoms with van der Waals surface area (Å²) in [7, 11) is 0. The van der Waals surface area contributed by atoms with Crippen molar-refractivity contribution in [2.24, 2.45) is 0 Å². The molecule has 2 aromatic rings. The van der Waals surface area contributed by atoms with Crippen molar-refractivity contribution in [1.82, 2.24) is 0 Å². The van der Waals surface area contributed by atoms with Crippen LogP contribution in [0.2, 0.25) is 0 Å². The molecule has 2 rings (SSSR count). The fraction of sp³-hybridized carbons (Fsp3) is 0.0588. The third-order valence-corrected chi connectivity index (χ3v) is 2.71. The summed E-state index contributed by atoms with van der Waals surface area (Å²) in [6.07, 6.45) is 0. The van der Waals surface area contributed by atoms with Crippen molar-refractivity contribution < 1.29 is 24.2 Å². The number of esters is 2. The molecule has 0 unspecified atom stereocenters. The molecular weight excluding hydrogens is 284 g/mol. The second-order valence-corrected chi connectivity index (χ2v) is 4.53. The topological polar surface area (TPSA) is 72.8 Å². The second-order valence-electron chi connectivity index (χ2n) is 4.53. The summed E-state index contributed by atoms with van der Waals surface area (Å²) in [5.41, 5.74) is 0.492. The molecule has 0 atom stereocenters. The lowest BCUT2D eigenvalue weighted by Crippen LogP contribution is -2.12. The van der Waals surface area contributed by atoms with Crippen molar-refractivity contribution in [1.29, 1.82) is 0 Å². The van der Waals surface area contributed by atoms with E-state index in [0.29, 0.717) is 5.56 Å². The third kappa shape index (κ3) is 3.52. The highest BCUT2D eigenvalue weighted by molar-refractivity contribution is 5.92. The number of carbonyl (C=O) groups is 2. The Morgan fingerprint density at radius 2 is 1.68 bits per heavy atom. The largest absolute Gasteiger partial charge is 0.504 e. The van der Waals surface area contributed by atoms with Crippen LogP contribution in [0, 0.1) is 0 Å². The Hall–Kier alpha value is -3.08. The Balaban J connectivity index is 2.28. The zero-order valence-electron chi connectivity index (χ0n) is 11.9. The smallest absolute Gasteiger partial charge is 0.343 e. The monoisotopic (exact) mass is 298 g/mol. The molecule has 0 heterocycles. The van der Waals surface area contributed by atoms with E-state index in [1.807, 2.05) is 0 Å². The second kappa shape index (κ2) is 6.58. The van der Waals surface area contributed by atoms with Crippen molar-refractivity contribution >= 4 is 11.9 Å². The molecule has 0 fully saturated rings. The maximum atomic E-state index is 12.0. The predicted octanol–water partition coefficient (Wildman–Crippen LogP) is 3.09. The van der Waals surface area contributed by atoms with Gasteiger partial charge in [0.1, 0.15) is 0 Å². The summed E-state index contributed by atoms with van der Waals surface area (Å²) in [6.45, 7) is 4.93. The number of benzene rings is 2. The number of aromatic hydroxyl groups is 1. The molecule has 5 nitrogen and oxygen atoms in total. The van der Waals surface area contributed by atoms with Crippen LogP contribution >= 0.6 is 0 Å². The number of ether oxygens (including phenoxy) is 2. The van der Waals surface area contributed by atoms with Crippen LogP contribution in [-0.4, -0.2) is 17.0 Å². The number of hydrogen-bond acceptors (Lipinski definition) is 5. The molecule has 0 saturated carbocycles. The van der Waals surface area contributed by atoms with Gasteiger partial charge < -0.3 is 14.6 Å². The van der Waals surface area contributed by atoms with Crippen molar-refractivity contribution in [3.05, 3.63) is 66.2 Å². The van der Waals surface area contributed by atoms with Gasteiger partial charge in [-0.05, 0) is 31.2 Å². The molecule has 0 aliphatic rings. The summed E-state index contributed by atoms with van der Waals surface area (Å²) in [4.78, 5) is 23.6. The molecule has 0 aromatic heterocycles. The van der Waals surface area contributed by atoms with Gasteiger partial charge in [-0.25, -0.2) is 9.59 Å².